The maximum absolute atomic E-state index is 12.0. The van der Waals surface area contributed by atoms with Gasteiger partial charge in [-0.1, -0.05) is 0 Å². The van der Waals surface area contributed by atoms with E-state index in [2.05, 4.69) is 15.0 Å². The number of aromatic nitrogens is 4. The van der Waals surface area contributed by atoms with Crippen LogP contribution in [0.1, 0.15) is 26.6 Å². The van der Waals surface area contributed by atoms with E-state index in [1.165, 1.54) is 0 Å². The molecule has 0 unspecified atom stereocenters. The monoisotopic (exact) mass is 261 g/mol. The number of hydrogen-bond donors (Lipinski definition) is 1. The van der Waals surface area contributed by atoms with Gasteiger partial charge in [0.15, 0.2) is 11.2 Å². The summed E-state index contributed by atoms with van der Waals surface area (Å²) in [6.45, 7) is 6.14. The first-order valence-electron chi connectivity index (χ1n) is 6.11. The molecule has 0 aliphatic heterocycles. The quantitative estimate of drug-likeness (QED) is 0.887. The molecule has 6 heteroatoms. The van der Waals surface area contributed by atoms with E-state index in [-0.39, 0.29) is 11.1 Å². The third-order valence-electron chi connectivity index (χ3n) is 2.68. The van der Waals surface area contributed by atoms with Crippen LogP contribution in [0.15, 0.2) is 17.3 Å². The molecule has 102 valence electrons. The summed E-state index contributed by atoms with van der Waals surface area (Å²) >= 11 is 0. The van der Waals surface area contributed by atoms with Crippen LogP contribution >= 0.6 is 0 Å². The average molecular weight is 261 g/mol. The Bertz CT molecular complexity index is 672. The third kappa shape index (κ3) is 2.67. The maximum atomic E-state index is 12.0. The van der Waals surface area contributed by atoms with Crippen LogP contribution in [0.5, 0.6) is 0 Å². The molecule has 0 aromatic carbocycles. The van der Waals surface area contributed by atoms with Crippen LogP contribution < -0.4 is 5.56 Å². The molecule has 0 amide bonds. The zero-order chi connectivity index (χ0) is 14.2. The molecule has 19 heavy (non-hydrogen) atoms. The molecule has 6 nitrogen and oxygen atoms in total. The summed E-state index contributed by atoms with van der Waals surface area (Å²) in [5, 5.41) is 0. The van der Waals surface area contributed by atoms with Crippen molar-refractivity contribution in [3.63, 3.8) is 0 Å². The number of fused-ring (bicyclic) bond motifs is 1. The second-order valence-corrected chi connectivity index (χ2v) is 5.69. The largest absolute Gasteiger partial charge is 0.383 e. The molecular weight excluding hydrogens is 242 g/mol. The number of imidazole rings is 1. The molecule has 0 aliphatic carbocycles. The Morgan fingerprint density at radius 1 is 1.37 bits per heavy atom. The number of nitrogens with zero attached hydrogens (tertiary/aromatic N) is 4. The zero-order valence-corrected chi connectivity index (χ0v) is 11.9. The van der Waals surface area contributed by atoms with Gasteiger partial charge in [0.05, 0.1) is 6.33 Å². The van der Waals surface area contributed by atoms with Crippen molar-refractivity contribution in [2.45, 2.75) is 26.3 Å². The number of nitrogens with one attached hydrogen (secondary N) is 1. The van der Waals surface area contributed by atoms with Crippen molar-refractivity contribution in [2.75, 3.05) is 14.1 Å². The zero-order valence-electron chi connectivity index (χ0n) is 11.9. The van der Waals surface area contributed by atoms with Gasteiger partial charge in [0, 0.05) is 25.8 Å². The van der Waals surface area contributed by atoms with Crippen LogP contribution in [0, 0.1) is 0 Å². The minimum absolute atomic E-state index is 0.169. The van der Waals surface area contributed by atoms with E-state index >= 15 is 0 Å². The number of H-pyrrole nitrogens is 1. The highest BCUT2D eigenvalue weighted by molar-refractivity contribution is 5.70. The highest BCUT2D eigenvalue weighted by Crippen LogP contribution is 2.18. The highest BCUT2D eigenvalue weighted by Gasteiger charge is 2.18. The van der Waals surface area contributed by atoms with Gasteiger partial charge in [-0.2, -0.15) is 0 Å². The van der Waals surface area contributed by atoms with Crippen LogP contribution in [-0.4, -0.2) is 38.5 Å². The van der Waals surface area contributed by atoms with Gasteiger partial charge < -0.3 is 14.5 Å². The topological polar surface area (TPSA) is 66.8 Å². The standard InChI is InChI=1S/C13H19N5O/c1-13(2,3)18-8-14-10-11(18)15-9(16-12(10)19)6-7-17(4)5/h6-8H,1-5H3,(H,15,16,19)/b7-6+. The second-order valence-electron chi connectivity index (χ2n) is 5.69. The molecule has 2 heterocycles. The summed E-state index contributed by atoms with van der Waals surface area (Å²) in [7, 11) is 3.82. The normalized spacial score (nSPS) is 12.5. The van der Waals surface area contributed by atoms with Crippen LogP contribution in [-0.2, 0) is 5.54 Å². The Labute approximate surface area is 111 Å². The fourth-order valence-electron chi connectivity index (χ4n) is 1.72. The Kier molecular flexibility index (Phi) is 3.18. The van der Waals surface area contributed by atoms with Crippen LogP contribution in [0.3, 0.4) is 0 Å². The summed E-state index contributed by atoms with van der Waals surface area (Å²) in [5.41, 5.74) is 0.593. The summed E-state index contributed by atoms with van der Waals surface area (Å²) < 4.78 is 1.91. The summed E-state index contributed by atoms with van der Waals surface area (Å²) in [6.07, 6.45) is 5.26. The lowest BCUT2D eigenvalue weighted by Crippen LogP contribution is -2.22. The van der Waals surface area contributed by atoms with Crippen molar-refractivity contribution in [3.8, 4) is 0 Å². The van der Waals surface area contributed by atoms with Crippen molar-refractivity contribution < 1.29 is 0 Å². The molecule has 0 spiro atoms. The molecule has 2 aromatic heterocycles. The molecule has 0 aliphatic rings. The van der Waals surface area contributed by atoms with Gasteiger partial charge in [-0.25, -0.2) is 9.97 Å². The molecular formula is C13H19N5O. The molecule has 2 rings (SSSR count). The smallest absolute Gasteiger partial charge is 0.279 e. The predicted octanol–water partition coefficient (Wildman–Crippen LogP) is 1.41. The third-order valence-corrected chi connectivity index (χ3v) is 2.68. The van der Waals surface area contributed by atoms with Crippen LogP contribution in [0.4, 0.5) is 0 Å². The molecule has 0 saturated carbocycles. The van der Waals surface area contributed by atoms with Gasteiger partial charge in [0.1, 0.15) is 5.82 Å². The second kappa shape index (κ2) is 4.53. The van der Waals surface area contributed by atoms with E-state index in [4.69, 9.17) is 0 Å². The van der Waals surface area contributed by atoms with Gasteiger partial charge >= 0.3 is 0 Å². The van der Waals surface area contributed by atoms with E-state index < -0.39 is 0 Å². The molecule has 0 radical (unpaired) electrons. The van der Waals surface area contributed by atoms with E-state index in [9.17, 15) is 4.79 Å². The van der Waals surface area contributed by atoms with Crippen LogP contribution in [0.2, 0.25) is 0 Å². The minimum atomic E-state index is -0.216. The van der Waals surface area contributed by atoms with E-state index in [1.807, 2.05) is 50.5 Å². The van der Waals surface area contributed by atoms with Crippen LogP contribution in [0.25, 0.3) is 17.2 Å². The molecule has 0 atom stereocenters. The molecule has 1 N–H and O–H groups in total. The van der Waals surface area contributed by atoms with Gasteiger partial charge in [0.25, 0.3) is 5.56 Å². The number of hydrogen-bond acceptors (Lipinski definition) is 4. The Morgan fingerprint density at radius 2 is 2.05 bits per heavy atom. The summed E-state index contributed by atoms with van der Waals surface area (Å²) in [6, 6.07) is 0. The Morgan fingerprint density at radius 3 is 2.63 bits per heavy atom. The van der Waals surface area contributed by atoms with Crippen molar-refractivity contribution in [1.82, 2.24) is 24.4 Å². The molecule has 0 bridgehead atoms. The molecule has 0 saturated heterocycles. The minimum Gasteiger partial charge on any atom is -0.383 e. The Balaban J connectivity index is 2.63. The van der Waals surface area contributed by atoms with Crippen molar-refractivity contribution in [1.29, 1.82) is 0 Å². The maximum Gasteiger partial charge on any atom is 0.279 e. The SMILES string of the molecule is CN(C)/C=C/c1nc2c(ncn2C(C)(C)C)c(=O)[nH]1. The number of rotatable bonds is 2. The summed E-state index contributed by atoms with van der Waals surface area (Å²) in [5.74, 6) is 0.525. The van der Waals surface area contributed by atoms with E-state index in [1.54, 1.807) is 12.4 Å². The fourth-order valence-corrected chi connectivity index (χ4v) is 1.72. The van der Waals surface area contributed by atoms with Crippen molar-refractivity contribution in [3.05, 3.63) is 28.7 Å². The average Bonchev–Trinajstić information content (AvgIpc) is 2.70. The first kappa shape index (κ1) is 13.3. The fraction of sp³-hybridized carbons (Fsp3) is 0.462. The number of aromatic amines is 1. The first-order chi connectivity index (χ1) is 8.79. The van der Waals surface area contributed by atoms with Crippen molar-refractivity contribution in [2.24, 2.45) is 0 Å². The Hall–Kier alpha value is -2.11. The van der Waals surface area contributed by atoms with Gasteiger partial charge in [-0.15, -0.1) is 0 Å². The lowest BCUT2D eigenvalue weighted by Gasteiger charge is -2.20. The lowest BCUT2D eigenvalue weighted by atomic mass is 10.1. The first-order valence-corrected chi connectivity index (χ1v) is 6.11. The molecule has 2 aromatic rings. The van der Waals surface area contributed by atoms with Crippen molar-refractivity contribution >= 4 is 17.2 Å². The highest BCUT2D eigenvalue weighted by atomic mass is 16.1. The predicted molar refractivity (Wildman–Crippen MR) is 75.9 cm³/mol. The summed E-state index contributed by atoms with van der Waals surface area (Å²) in [4.78, 5) is 25.2. The van der Waals surface area contributed by atoms with Gasteiger partial charge in [0.2, 0.25) is 0 Å². The molecule has 0 fully saturated rings. The van der Waals surface area contributed by atoms with Gasteiger partial charge in [-0.3, -0.25) is 4.79 Å². The van der Waals surface area contributed by atoms with E-state index in [0.29, 0.717) is 17.0 Å². The lowest BCUT2D eigenvalue weighted by molar-refractivity contribution is 0.406. The van der Waals surface area contributed by atoms with E-state index in [0.717, 1.165) is 0 Å². The van der Waals surface area contributed by atoms with Gasteiger partial charge in [-0.05, 0) is 26.8 Å².